The van der Waals surface area contributed by atoms with Crippen LogP contribution in [0.1, 0.15) is 29.5 Å². The largest absolute Gasteiger partial charge is 0.464 e. The molecule has 0 radical (unpaired) electrons. The molecule has 0 saturated heterocycles. The van der Waals surface area contributed by atoms with Crippen molar-refractivity contribution in [3.63, 3.8) is 0 Å². The molecule has 1 amide bonds. The van der Waals surface area contributed by atoms with Crippen LogP contribution in [0.15, 0.2) is 72.8 Å². The van der Waals surface area contributed by atoms with Gasteiger partial charge in [0, 0.05) is 15.9 Å². The van der Waals surface area contributed by atoms with E-state index in [2.05, 4.69) is 52.2 Å². The monoisotopic (exact) mass is 541 g/mol. The van der Waals surface area contributed by atoms with E-state index in [0.29, 0.717) is 6.42 Å². The van der Waals surface area contributed by atoms with Crippen LogP contribution >= 0.6 is 22.6 Å². The van der Waals surface area contributed by atoms with Crippen LogP contribution in [-0.2, 0) is 20.7 Å². The summed E-state index contributed by atoms with van der Waals surface area (Å²) in [6.07, 6.45) is -0.296. The number of benzene rings is 3. The van der Waals surface area contributed by atoms with Gasteiger partial charge < -0.3 is 14.8 Å². The van der Waals surface area contributed by atoms with Gasteiger partial charge >= 0.3 is 12.1 Å². The topological polar surface area (TPSA) is 64.6 Å². The van der Waals surface area contributed by atoms with Gasteiger partial charge in [-0.3, -0.25) is 0 Å². The van der Waals surface area contributed by atoms with Crippen LogP contribution in [-0.4, -0.2) is 31.3 Å². The summed E-state index contributed by atoms with van der Waals surface area (Å²) >= 11 is 2.23. The number of halogens is 1. The zero-order valence-corrected chi connectivity index (χ0v) is 19.9. The Labute approximate surface area is 201 Å². The number of carbonyl (C=O) groups excluding carboxylic acids is 2. The number of esters is 1. The Balaban J connectivity index is 1.44. The third kappa shape index (κ3) is 4.96. The van der Waals surface area contributed by atoms with E-state index in [-0.39, 0.29) is 19.1 Å². The quantitative estimate of drug-likeness (QED) is 0.326. The second-order valence-electron chi connectivity index (χ2n) is 7.61. The van der Waals surface area contributed by atoms with Crippen LogP contribution in [0.5, 0.6) is 0 Å². The number of carbonyl (C=O) groups is 2. The summed E-state index contributed by atoms with van der Waals surface area (Å²) in [6, 6.07) is 23.3. The number of ether oxygens (including phenoxy) is 2. The molecule has 0 unspecified atom stereocenters. The first-order valence-corrected chi connectivity index (χ1v) is 11.7. The van der Waals surface area contributed by atoms with Crippen LogP contribution in [0, 0.1) is 3.57 Å². The molecule has 0 bridgehead atoms. The van der Waals surface area contributed by atoms with Gasteiger partial charge in [0.25, 0.3) is 0 Å². The van der Waals surface area contributed by atoms with Gasteiger partial charge in [0.05, 0.1) is 6.61 Å². The van der Waals surface area contributed by atoms with Crippen molar-refractivity contribution in [2.24, 2.45) is 0 Å². The van der Waals surface area contributed by atoms with Crippen molar-refractivity contribution in [1.82, 2.24) is 5.32 Å². The van der Waals surface area contributed by atoms with E-state index in [4.69, 9.17) is 9.47 Å². The molecule has 0 heterocycles. The Morgan fingerprint density at radius 1 is 0.906 bits per heavy atom. The normalized spacial score (nSPS) is 13.1. The van der Waals surface area contributed by atoms with Gasteiger partial charge in [0.15, 0.2) is 0 Å². The molecule has 0 spiro atoms. The highest BCUT2D eigenvalue weighted by Gasteiger charge is 2.30. The SMILES string of the molecule is CCOC(=O)[C@H](Cc1ccc(I)cc1)NC(=O)OCC1c2ccccc2-c2ccccc21. The lowest BCUT2D eigenvalue weighted by atomic mass is 9.98. The molecule has 5 nitrogen and oxygen atoms in total. The molecule has 0 fully saturated rings. The number of hydrogen-bond acceptors (Lipinski definition) is 4. The molecule has 0 aromatic heterocycles. The molecule has 1 N–H and O–H groups in total. The van der Waals surface area contributed by atoms with Gasteiger partial charge in [-0.15, -0.1) is 0 Å². The number of hydrogen-bond donors (Lipinski definition) is 1. The van der Waals surface area contributed by atoms with E-state index in [1.165, 1.54) is 11.1 Å². The summed E-state index contributed by atoms with van der Waals surface area (Å²) < 4.78 is 11.9. The number of nitrogens with one attached hydrogen (secondary N) is 1. The fourth-order valence-electron chi connectivity index (χ4n) is 4.07. The van der Waals surface area contributed by atoms with Crippen molar-refractivity contribution in [3.8, 4) is 11.1 Å². The van der Waals surface area contributed by atoms with E-state index in [9.17, 15) is 9.59 Å². The van der Waals surface area contributed by atoms with E-state index < -0.39 is 18.1 Å². The lowest BCUT2D eigenvalue weighted by molar-refractivity contribution is -0.145. The van der Waals surface area contributed by atoms with Crippen LogP contribution in [0.25, 0.3) is 11.1 Å². The first kappa shape index (κ1) is 22.3. The van der Waals surface area contributed by atoms with E-state index in [1.807, 2.05) is 48.5 Å². The Kier molecular flexibility index (Phi) is 7.09. The van der Waals surface area contributed by atoms with E-state index in [1.54, 1.807) is 6.92 Å². The van der Waals surface area contributed by atoms with Crippen molar-refractivity contribution in [2.45, 2.75) is 25.3 Å². The summed E-state index contributed by atoms with van der Waals surface area (Å²) in [4.78, 5) is 25.1. The molecule has 164 valence electrons. The number of alkyl carbamates (subject to hydrolysis) is 1. The third-order valence-corrected chi connectivity index (χ3v) is 6.28. The van der Waals surface area contributed by atoms with Crippen molar-refractivity contribution in [3.05, 3.63) is 93.1 Å². The average Bonchev–Trinajstić information content (AvgIpc) is 3.12. The number of fused-ring (bicyclic) bond motifs is 3. The molecule has 3 aromatic rings. The smallest absolute Gasteiger partial charge is 0.407 e. The van der Waals surface area contributed by atoms with Crippen LogP contribution in [0.4, 0.5) is 4.79 Å². The molecular formula is C26H24INO4. The highest BCUT2D eigenvalue weighted by Crippen LogP contribution is 2.44. The summed E-state index contributed by atoms with van der Waals surface area (Å²) in [5.74, 6) is -0.509. The highest BCUT2D eigenvalue weighted by molar-refractivity contribution is 14.1. The maximum atomic E-state index is 12.6. The van der Waals surface area contributed by atoms with Crippen LogP contribution in [0.3, 0.4) is 0 Å². The average molecular weight is 541 g/mol. The van der Waals surface area contributed by atoms with E-state index >= 15 is 0 Å². The zero-order valence-electron chi connectivity index (χ0n) is 17.7. The van der Waals surface area contributed by atoms with E-state index in [0.717, 1.165) is 20.3 Å². The number of rotatable bonds is 7. The van der Waals surface area contributed by atoms with Gasteiger partial charge in [0.1, 0.15) is 12.6 Å². The summed E-state index contributed by atoms with van der Waals surface area (Å²) in [6.45, 7) is 2.18. The predicted octanol–water partition coefficient (Wildman–Crippen LogP) is 5.30. The lowest BCUT2D eigenvalue weighted by Gasteiger charge is -2.19. The molecule has 4 rings (SSSR count). The molecule has 3 aromatic carbocycles. The van der Waals surface area contributed by atoms with Crippen molar-refractivity contribution in [1.29, 1.82) is 0 Å². The van der Waals surface area contributed by atoms with Crippen molar-refractivity contribution >= 4 is 34.7 Å². The highest BCUT2D eigenvalue weighted by atomic mass is 127. The standard InChI is InChI=1S/C26H24INO4/c1-2-31-25(29)24(15-17-11-13-18(27)14-12-17)28-26(30)32-16-23-21-9-5-3-7-19(21)20-8-4-6-10-22(20)23/h3-14,23-24H,2,15-16H2,1H3,(H,28,30)/t24-/m0/s1. The zero-order chi connectivity index (χ0) is 22.5. The Hall–Kier alpha value is -2.87. The second-order valence-corrected chi connectivity index (χ2v) is 8.85. The van der Waals surface area contributed by atoms with Gasteiger partial charge in [-0.25, -0.2) is 9.59 Å². The maximum Gasteiger partial charge on any atom is 0.407 e. The first-order valence-electron chi connectivity index (χ1n) is 10.6. The van der Waals surface area contributed by atoms with Crippen LogP contribution < -0.4 is 5.32 Å². The molecule has 6 heteroatoms. The Morgan fingerprint density at radius 2 is 1.50 bits per heavy atom. The summed E-state index contributed by atoms with van der Waals surface area (Å²) in [5, 5.41) is 2.70. The predicted molar refractivity (Wildman–Crippen MR) is 131 cm³/mol. The maximum absolute atomic E-state index is 12.6. The minimum absolute atomic E-state index is 0.0367. The van der Waals surface area contributed by atoms with Gasteiger partial charge in [0.2, 0.25) is 0 Å². The second kappa shape index (κ2) is 10.2. The fraction of sp³-hybridized carbons (Fsp3) is 0.231. The molecule has 0 saturated carbocycles. The molecule has 1 aliphatic carbocycles. The Morgan fingerprint density at radius 3 is 2.09 bits per heavy atom. The van der Waals surface area contributed by atoms with Gasteiger partial charge in [-0.1, -0.05) is 60.7 Å². The lowest BCUT2D eigenvalue weighted by Crippen LogP contribution is -2.44. The minimum Gasteiger partial charge on any atom is -0.464 e. The molecule has 0 aliphatic heterocycles. The number of amides is 1. The molecule has 1 aliphatic rings. The molecular weight excluding hydrogens is 517 g/mol. The van der Waals surface area contributed by atoms with Crippen LogP contribution in [0.2, 0.25) is 0 Å². The summed E-state index contributed by atoms with van der Waals surface area (Å²) in [5.41, 5.74) is 5.55. The fourth-order valence-corrected chi connectivity index (χ4v) is 4.43. The summed E-state index contributed by atoms with van der Waals surface area (Å²) in [7, 11) is 0. The minimum atomic E-state index is -0.814. The van der Waals surface area contributed by atoms with Crippen molar-refractivity contribution in [2.75, 3.05) is 13.2 Å². The Bertz CT molecular complexity index is 1070. The van der Waals surface area contributed by atoms with Gasteiger partial charge in [-0.05, 0) is 69.5 Å². The third-order valence-electron chi connectivity index (χ3n) is 5.56. The molecule has 1 atom stereocenters. The first-order chi connectivity index (χ1) is 15.6. The van der Waals surface area contributed by atoms with Crippen molar-refractivity contribution < 1.29 is 19.1 Å². The molecule has 32 heavy (non-hydrogen) atoms. The van der Waals surface area contributed by atoms with Gasteiger partial charge in [-0.2, -0.15) is 0 Å².